The molecule has 3 rings (SSSR count). The molecular formula is C13H13N3S. The van der Waals surface area contributed by atoms with Crippen LogP contribution in [0.1, 0.15) is 6.92 Å². The Hall–Kier alpha value is -1.55. The second-order valence-corrected chi connectivity index (χ2v) is 5.51. The third-order valence-electron chi connectivity index (χ3n) is 2.68. The SMILES string of the molecule is C[C@H]1CN=C(Nc2cccc3cccnc23)S1. The zero-order valence-corrected chi connectivity index (χ0v) is 10.4. The summed E-state index contributed by atoms with van der Waals surface area (Å²) in [5, 5.41) is 6.08. The van der Waals surface area contributed by atoms with Crippen molar-refractivity contribution in [2.24, 2.45) is 4.99 Å². The number of pyridine rings is 1. The summed E-state index contributed by atoms with van der Waals surface area (Å²) in [7, 11) is 0. The maximum Gasteiger partial charge on any atom is 0.161 e. The standard InChI is InChI=1S/C13H13N3S/c1-9-8-15-13(17-9)16-11-6-2-4-10-5-3-7-14-12(10)11/h2-7,9H,8H2,1H3,(H,15,16)/t9-/m0/s1. The minimum absolute atomic E-state index is 0.570. The minimum Gasteiger partial charge on any atom is -0.333 e. The molecule has 0 spiro atoms. The van der Waals surface area contributed by atoms with E-state index in [0.717, 1.165) is 28.3 Å². The first-order chi connectivity index (χ1) is 8.33. The average molecular weight is 243 g/mol. The van der Waals surface area contributed by atoms with Gasteiger partial charge in [-0.05, 0) is 12.1 Å². The Labute approximate surface area is 104 Å². The van der Waals surface area contributed by atoms with Crippen molar-refractivity contribution in [3.05, 3.63) is 36.5 Å². The first kappa shape index (κ1) is 10.6. The molecule has 17 heavy (non-hydrogen) atoms. The molecule has 0 aliphatic carbocycles. The van der Waals surface area contributed by atoms with Crippen molar-refractivity contribution >= 4 is 33.5 Å². The van der Waals surface area contributed by atoms with Crippen LogP contribution in [-0.2, 0) is 0 Å². The van der Waals surface area contributed by atoms with E-state index in [1.54, 1.807) is 11.8 Å². The number of thioether (sulfide) groups is 1. The Morgan fingerprint density at radius 2 is 2.18 bits per heavy atom. The number of nitrogens with one attached hydrogen (secondary N) is 1. The van der Waals surface area contributed by atoms with E-state index < -0.39 is 0 Å². The van der Waals surface area contributed by atoms with Crippen molar-refractivity contribution in [2.45, 2.75) is 12.2 Å². The maximum atomic E-state index is 4.46. The van der Waals surface area contributed by atoms with Crippen LogP contribution in [0.2, 0.25) is 0 Å². The first-order valence-corrected chi connectivity index (χ1v) is 6.53. The normalized spacial score (nSPS) is 19.4. The maximum absolute atomic E-state index is 4.46. The fraction of sp³-hybridized carbons (Fsp3) is 0.231. The van der Waals surface area contributed by atoms with Gasteiger partial charge < -0.3 is 5.32 Å². The largest absolute Gasteiger partial charge is 0.333 e. The number of rotatable bonds is 1. The van der Waals surface area contributed by atoms with Gasteiger partial charge in [0.15, 0.2) is 5.17 Å². The number of hydrogen-bond acceptors (Lipinski definition) is 4. The Kier molecular flexibility index (Phi) is 2.73. The Bertz CT molecular complexity index is 574. The molecule has 1 aliphatic heterocycles. The van der Waals surface area contributed by atoms with Crippen LogP contribution in [0.15, 0.2) is 41.5 Å². The van der Waals surface area contributed by atoms with E-state index in [1.165, 1.54) is 0 Å². The Morgan fingerprint density at radius 1 is 1.29 bits per heavy atom. The van der Waals surface area contributed by atoms with Crippen LogP contribution in [0.4, 0.5) is 5.69 Å². The third-order valence-corrected chi connectivity index (χ3v) is 3.68. The number of benzene rings is 1. The fourth-order valence-electron chi connectivity index (χ4n) is 1.87. The van der Waals surface area contributed by atoms with E-state index in [2.05, 4.69) is 34.3 Å². The summed E-state index contributed by atoms with van der Waals surface area (Å²) >= 11 is 1.78. The van der Waals surface area contributed by atoms with Crippen LogP contribution in [0.3, 0.4) is 0 Å². The molecule has 0 saturated heterocycles. The van der Waals surface area contributed by atoms with Crippen LogP contribution < -0.4 is 5.32 Å². The van der Waals surface area contributed by atoms with Crippen molar-refractivity contribution in [1.29, 1.82) is 0 Å². The summed E-state index contributed by atoms with van der Waals surface area (Å²) in [5.41, 5.74) is 2.03. The smallest absolute Gasteiger partial charge is 0.161 e. The molecule has 0 bridgehead atoms. The van der Waals surface area contributed by atoms with Crippen molar-refractivity contribution in [2.75, 3.05) is 11.9 Å². The number of hydrogen-bond donors (Lipinski definition) is 1. The van der Waals surface area contributed by atoms with Gasteiger partial charge in [-0.3, -0.25) is 9.98 Å². The lowest BCUT2D eigenvalue weighted by molar-refractivity contribution is 0.976. The van der Waals surface area contributed by atoms with Crippen LogP contribution in [0, 0.1) is 0 Å². The highest BCUT2D eigenvalue weighted by Crippen LogP contribution is 2.25. The lowest BCUT2D eigenvalue weighted by Crippen LogP contribution is -2.06. The molecular weight excluding hydrogens is 230 g/mol. The zero-order valence-electron chi connectivity index (χ0n) is 9.55. The van der Waals surface area contributed by atoms with Gasteiger partial charge in [-0.15, -0.1) is 0 Å². The molecule has 3 nitrogen and oxygen atoms in total. The first-order valence-electron chi connectivity index (χ1n) is 5.65. The molecule has 1 atom stereocenters. The van der Waals surface area contributed by atoms with Gasteiger partial charge in [0, 0.05) is 16.8 Å². The van der Waals surface area contributed by atoms with Crippen molar-refractivity contribution in [3.8, 4) is 0 Å². The van der Waals surface area contributed by atoms with Crippen LogP contribution in [0.25, 0.3) is 10.9 Å². The van der Waals surface area contributed by atoms with Gasteiger partial charge in [0.1, 0.15) is 0 Å². The topological polar surface area (TPSA) is 37.3 Å². The van der Waals surface area contributed by atoms with E-state index in [4.69, 9.17) is 0 Å². The van der Waals surface area contributed by atoms with E-state index in [1.807, 2.05) is 24.4 Å². The molecule has 0 unspecified atom stereocenters. The summed E-state index contributed by atoms with van der Waals surface area (Å²) in [6, 6.07) is 10.2. The number of aliphatic imine (C=N–C) groups is 1. The highest BCUT2D eigenvalue weighted by atomic mass is 32.2. The molecule has 0 radical (unpaired) electrons. The van der Waals surface area contributed by atoms with Gasteiger partial charge in [-0.2, -0.15) is 0 Å². The number of amidine groups is 1. The second kappa shape index (κ2) is 4.37. The van der Waals surface area contributed by atoms with Gasteiger partial charge in [0.25, 0.3) is 0 Å². The summed E-state index contributed by atoms with van der Waals surface area (Å²) < 4.78 is 0. The number of anilines is 1. The van der Waals surface area contributed by atoms with E-state index in [-0.39, 0.29) is 0 Å². The number of aromatic nitrogens is 1. The summed E-state index contributed by atoms with van der Waals surface area (Å²) in [5.74, 6) is 0. The van der Waals surface area contributed by atoms with Crippen LogP contribution >= 0.6 is 11.8 Å². The predicted molar refractivity (Wildman–Crippen MR) is 74.7 cm³/mol. The molecule has 0 saturated carbocycles. The summed E-state index contributed by atoms with van der Waals surface area (Å²) in [4.78, 5) is 8.88. The molecule has 1 aromatic heterocycles. The second-order valence-electron chi connectivity index (χ2n) is 4.08. The lowest BCUT2D eigenvalue weighted by Gasteiger charge is -2.08. The number of fused-ring (bicyclic) bond motifs is 1. The van der Waals surface area contributed by atoms with Crippen molar-refractivity contribution in [1.82, 2.24) is 4.98 Å². The quantitative estimate of drug-likeness (QED) is 0.836. The van der Waals surface area contributed by atoms with Crippen LogP contribution in [-0.4, -0.2) is 21.9 Å². The van der Waals surface area contributed by atoms with Gasteiger partial charge in [-0.25, -0.2) is 0 Å². The fourth-order valence-corrected chi connectivity index (χ4v) is 2.71. The van der Waals surface area contributed by atoms with Crippen LogP contribution in [0.5, 0.6) is 0 Å². The minimum atomic E-state index is 0.570. The number of nitrogens with zero attached hydrogens (tertiary/aromatic N) is 2. The van der Waals surface area contributed by atoms with Gasteiger partial charge in [0.05, 0.1) is 17.7 Å². The van der Waals surface area contributed by atoms with Crippen molar-refractivity contribution in [3.63, 3.8) is 0 Å². The molecule has 1 aromatic carbocycles. The van der Waals surface area contributed by atoms with Gasteiger partial charge >= 0.3 is 0 Å². The van der Waals surface area contributed by atoms with E-state index in [0.29, 0.717) is 5.25 Å². The molecule has 1 aliphatic rings. The molecule has 2 aromatic rings. The predicted octanol–water partition coefficient (Wildman–Crippen LogP) is 3.14. The molecule has 0 amide bonds. The average Bonchev–Trinajstić information content (AvgIpc) is 2.75. The van der Waals surface area contributed by atoms with Crippen molar-refractivity contribution < 1.29 is 0 Å². The summed E-state index contributed by atoms with van der Waals surface area (Å²) in [6.45, 7) is 3.08. The third kappa shape index (κ3) is 2.13. The van der Waals surface area contributed by atoms with E-state index >= 15 is 0 Å². The van der Waals surface area contributed by atoms with Gasteiger partial charge in [-0.1, -0.05) is 36.9 Å². The summed E-state index contributed by atoms with van der Waals surface area (Å²) in [6.07, 6.45) is 1.82. The highest BCUT2D eigenvalue weighted by molar-refractivity contribution is 8.15. The van der Waals surface area contributed by atoms with E-state index in [9.17, 15) is 0 Å². The lowest BCUT2D eigenvalue weighted by atomic mass is 10.2. The zero-order chi connectivity index (χ0) is 11.7. The Balaban J connectivity index is 1.95. The van der Waals surface area contributed by atoms with Gasteiger partial charge in [0.2, 0.25) is 0 Å². The molecule has 4 heteroatoms. The monoisotopic (exact) mass is 243 g/mol. The number of para-hydroxylation sites is 1. The molecule has 0 fully saturated rings. The Morgan fingerprint density at radius 3 is 3.00 bits per heavy atom. The molecule has 2 heterocycles. The highest BCUT2D eigenvalue weighted by Gasteiger charge is 2.15. The molecule has 1 N–H and O–H groups in total. The molecule has 86 valence electrons.